The van der Waals surface area contributed by atoms with Gasteiger partial charge in [-0.3, -0.25) is 0 Å². The van der Waals surface area contributed by atoms with Crippen LogP contribution in [0.1, 0.15) is 5.56 Å². The van der Waals surface area contributed by atoms with Crippen molar-refractivity contribution in [3.63, 3.8) is 0 Å². The zero-order chi connectivity index (χ0) is 14.5. The molecular formula is C15H19FN4. The van der Waals surface area contributed by atoms with Gasteiger partial charge in [-0.15, -0.1) is 0 Å². The molecule has 1 aromatic carbocycles. The zero-order valence-corrected chi connectivity index (χ0v) is 12.0. The minimum Gasteiger partial charge on any atom is -0.359 e. The smallest absolute Gasteiger partial charge is 0.226 e. The first-order valence-corrected chi connectivity index (χ1v) is 6.52. The van der Waals surface area contributed by atoms with E-state index in [1.165, 1.54) is 12.1 Å². The molecule has 0 fully saturated rings. The molecule has 0 N–H and O–H groups in total. The van der Waals surface area contributed by atoms with E-state index in [0.29, 0.717) is 5.95 Å². The number of likely N-dealkylation sites (N-methyl/N-ethyl adjacent to an activating group) is 1. The molecule has 20 heavy (non-hydrogen) atoms. The van der Waals surface area contributed by atoms with Gasteiger partial charge in [0.05, 0.1) is 0 Å². The molecule has 0 saturated heterocycles. The molecule has 0 radical (unpaired) electrons. The van der Waals surface area contributed by atoms with E-state index in [1.54, 1.807) is 6.20 Å². The van der Waals surface area contributed by atoms with Crippen molar-refractivity contribution in [3.8, 4) is 0 Å². The topological polar surface area (TPSA) is 32.3 Å². The lowest BCUT2D eigenvalue weighted by atomic mass is 10.1. The lowest BCUT2D eigenvalue weighted by molar-refractivity contribution is 0.627. The normalized spacial score (nSPS) is 10.4. The molecule has 0 atom stereocenters. The molecule has 0 amide bonds. The maximum atomic E-state index is 12.8. The van der Waals surface area contributed by atoms with E-state index in [4.69, 9.17) is 0 Å². The van der Waals surface area contributed by atoms with Crippen LogP contribution < -0.4 is 9.80 Å². The predicted octanol–water partition coefficient (Wildman–Crippen LogP) is 2.36. The van der Waals surface area contributed by atoms with Crippen molar-refractivity contribution in [1.29, 1.82) is 0 Å². The fourth-order valence-electron chi connectivity index (χ4n) is 1.83. The Hall–Kier alpha value is -2.17. The van der Waals surface area contributed by atoms with Crippen molar-refractivity contribution in [3.05, 3.63) is 47.9 Å². The summed E-state index contributed by atoms with van der Waals surface area (Å²) in [6, 6.07) is 8.49. The van der Waals surface area contributed by atoms with Gasteiger partial charge in [-0.2, -0.15) is 4.98 Å². The highest BCUT2D eigenvalue weighted by Crippen LogP contribution is 2.13. The Morgan fingerprint density at radius 2 is 1.75 bits per heavy atom. The van der Waals surface area contributed by atoms with Gasteiger partial charge in [-0.1, -0.05) is 12.1 Å². The average molecular weight is 274 g/mol. The molecule has 5 heteroatoms. The summed E-state index contributed by atoms with van der Waals surface area (Å²) in [6.45, 7) is 0.815. The second-order valence-corrected chi connectivity index (χ2v) is 4.91. The molecule has 1 aromatic heterocycles. The summed E-state index contributed by atoms with van der Waals surface area (Å²) in [5.41, 5.74) is 1.11. The second-order valence-electron chi connectivity index (χ2n) is 4.91. The van der Waals surface area contributed by atoms with Gasteiger partial charge in [0.25, 0.3) is 0 Å². The zero-order valence-electron chi connectivity index (χ0n) is 12.0. The number of aromatic nitrogens is 2. The first-order valence-electron chi connectivity index (χ1n) is 6.52. The highest BCUT2D eigenvalue weighted by atomic mass is 19.1. The van der Waals surface area contributed by atoms with Crippen LogP contribution in [0, 0.1) is 5.82 Å². The van der Waals surface area contributed by atoms with Crippen molar-refractivity contribution >= 4 is 11.8 Å². The van der Waals surface area contributed by atoms with Gasteiger partial charge in [0.1, 0.15) is 11.6 Å². The standard InChI is InChI=1S/C15H19FN4/c1-19(2)15-17-10-8-14(18-15)20(3)11-9-12-4-6-13(16)7-5-12/h4-8,10H,9,11H2,1-3H3. The lowest BCUT2D eigenvalue weighted by Gasteiger charge is -2.19. The first-order chi connectivity index (χ1) is 9.56. The van der Waals surface area contributed by atoms with Gasteiger partial charge in [-0.05, 0) is 30.2 Å². The van der Waals surface area contributed by atoms with Gasteiger partial charge >= 0.3 is 0 Å². The third-order valence-corrected chi connectivity index (χ3v) is 3.07. The maximum Gasteiger partial charge on any atom is 0.226 e. The molecule has 0 aliphatic heterocycles. The van der Waals surface area contributed by atoms with E-state index in [9.17, 15) is 4.39 Å². The number of hydrogen-bond acceptors (Lipinski definition) is 4. The van der Waals surface area contributed by atoms with Gasteiger partial charge in [0, 0.05) is 33.9 Å². The number of benzene rings is 1. The molecule has 106 valence electrons. The van der Waals surface area contributed by atoms with Crippen LogP contribution in [0.2, 0.25) is 0 Å². The van der Waals surface area contributed by atoms with E-state index < -0.39 is 0 Å². The molecule has 2 rings (SSSR count). The van der Waals surface area contributed by atoms with Crippen molar-refractivity contribution in [2.24, 2.45) is 0 Å². The summed E-state index contributed by atoms with van der Waals surface area (Å²) in [4.78, 5) is 12.6. The number of anilines is 2. The summed E-state index contributed by atoms with van der Waals surface area (Å²) in [6.07, 6.45) is 2.60. The van der Waals surface area contributed by atoms with Crippen LogP contribution in [0.5, 0.6) is 0 Å². The second kappa shape index (κ2) is 6.32. The Labute approximate surface area is 118 Å². The van der Waals surface area contributed by atoms with Gasteiger partial charge in [0.15, 0.2) is 0 Å². The average Bonchev–Trinajstić information content (AvgIpc) is 2.46. The maximum absolute atomic E-state index is 12.8. The minimum absolute atomic E-state index is 0.200. The van der Waals surface area contributed by atoms with E-state index in [0.717, 1.165) is 24.3 Å². The Bertz CT molecular complexity index is 554. The molecular weight excluding hydrogens is 255 g/mol. The molecule has 0 spiro atoms. The molecule has 0 bridgehead atoms. The number of nitrogens with zero attached hydrogens (tertiary/aromatic N) is 4. The number of hydrogen-bond donors (Lipinski definition) is 0. The number of halogens is 1. The summed E-state index contributed by atoms with van der Waals surface area (Å²) in [5, 5.41) is 0. The third-order valence-electron chi connectivity index (χ3n) is 3.07. The van der Waals surface area contributed by atoms with Crippen molar-refractivity contribution in [2.75, 3.05) is 37.5 Å². The van der Waals surface area contributed by atoms with Gasteiger partial charge in [0.2, 0.25) is 5.95 Å². The molecule has 0 saturated carbocycles. The van der Waals surface area contributed by atoms with Crippen LogP contribution in [0.3, 0.4) is 0 Å². The highest BCUT2D eigenvalue weighted by Gasteiger charge is 2.06. The largest absolute Gasteiger partial charge is 0.359 e. The summed E-state index contributed by atoms with van der Waals surface area (Å²) >= 11 is 0. The van der Waals surface area contributed by atoms with Gasteiger partial charge in [-0.25, -0.2) is 9.37 Å². The van der Waals surface area contributed by atoms with E-state index in [2.05, 4.69) is 14.9 Å². The number of rotatable bonds is 5. The Morgan fingerprint density at radius 3 is 2.40 bits per heavy atom. The fourth-order valence-corrected chi connectivity index (χ4v) is 1.83. The van der Waals surface area contributed by atoms with Gasteiger partial charge < -0.3 is 9.80 Å². The van der Waals surface area contributed by atoms with Crippen LogP contribution in [0.25, 0.3) is 0 Å². The van der Waals surface area contributed by atoms with E-state index in [-0.39, 0.29) is 5.82 Å². The highest BCUT2D eigenvalue weighted by molar-refractivity contribution is 5.42. The lowest BCUT2D eigenvalue weighted by Crippen LogP contribution is -2.23. The quantitative estimate of drug-likeness (QED) is 0.838. The van der Waals surface area contributed by atoms with Crippen LogP contribution in [0.4, 0.5) is 16.2 Å². The van der Waals surface area contributed by atoms with Crippen LogP contribution in [-0.4, -0.2) is 37.7 Å². The van der Waals surface area contributed by atoms with Crippen LogP contribution in [-0.2, 0) is 6.42 Å². The minimum atomic E-state index is -0.200. The Kier molecular flexibility index (Phi) is 4.50. The summed E-state index contributed by atoms with van der Waals surface area (Å²) < 4.78 is 12.8. The Balaban J connectivity index is 1.99. The van der Waals surface area contributed by atoms with E-state index in [1.807, 2.05) is 44.2 Å². The van der Waals surface area contributed by atoms with Crippen molar-refractivity contribution in [2.45, 2.75) is 6.42 Å². The summed E-state index contributed by atoms with van der Waals surface area (Å²) in [7, 11) is 5.82. The summed E-state index contributed by atoms with van der Waals surface area (Å²) in [5.74, 6) is 1.37. The van der Waals surface area contributed by atoms with Crippen LogP contribution in [0.15, 0.2) is 36.5 Å². The monoisotopic (exact) mass is 274 g/mol. The molecule has 0 aliphatic carbocycles. The SMILES string of the molecule is CN(C)c1nccc(N(C)CCc2ccc(F)cc2)n1. The Morgan fingerprint density at radius 1 is 1.05 bits per heavy atom. The molecule has 0 unspecified atom stereocenters. The predicted molar refractivity (Wildman–Crippen MR) is 79.7 cm³/mol. The fraction of sp³-hybridized carbons (Fsp3) is 0.333. The van der Waals surface area contributed by atoms with Crippen LogP contribution >= 0.6 is 0 Å². The van der Waals surface area contributed by atoms with Crippen molar-refractivity contribution < 1.29 is 4.39 Å². The first kappa shape index (κ1) is 14.2. The third kappa shape index (κ3) is 3.66. The molecule has 0 aliphatic rings. The molecule has 4 nitrogen and oxygen atoms in total. The molecule has 1 heterocycles. The van der Waals surface area contributed by atoms with Crippen molar-refractivity contribution in [1.82, 2.24) is 9.97 Å². The molecule has 2 aromatic rings. The van der Waals surface area contributed by atoms with E-state index >= 15 is 0 Å².